The molecular weight excluding hydrogens is 342 g/mol. The molecule has 0 bridgehead atoms. The van der Waals surface area contributed by atoms with E-state index in [2.05, 4.69) is 26.9 Å². The van der Waals surface area contributed by atoms with Gasteiger partial charge in [0.2, 0.25) is 0 Å². The Labute approximate surface area is 158 Å². The van der Waals surface area contributed by atoms with Crippen LogP contribution in [0.1, 0.15) is 17.3 Å². The molecule has 1 fully saturated rings. The molecule has 2 aromatic heterocycles. The minimum Gasteiger partial charge on any atom is -0.462 e. The summed E-state index contributed by atoms with van der Waals surface area (Å²) in [5.41, 5.74) is 3.05. The van der Waals surface area contributed by atoms with Gasteiger partial charge in [-0.3, -0.25) is 0 Å². The van der Waals surface area contributed by atoms with Crippen molar-refractivity contribution in [2.45, 2.75) is 6.92 Å². The molecule has 27 heavy (non-hydrogen) atoms. The molecule has 7 nitrogen and oxygen atoms in total. The average molecular weight is 365 g/mol. The Morgan fingerprint density at radius 1 is 1.11 bits per heavy atom. The van der Waals surface area contributed by atoms with Crippen molar-refractivity contribution in [2.24, 2.45) is 0 Å². The van der Waals surface area contributed by atoms with Gasteiger partial charge in [0.15, 0.2) is 5.65 Å². The second kappa shape index (κ2) is 7.36. The monoisotopic (exact) mass is 365 g/mol. The van der Waals surface area contributed by atoms with Gasteiger partial charge in [-0.25, -0.2) is 14.5 Å². The Morgan fingerprint density at radius 3 is 2.56 bits per heavy atom. The van der Waals surface area contributed by atoms with Crippen LogP contribution >= 0.6 is 0 Å². The zero-order valence-electron chi connectivity index (χ0n) is 15.6. The van der Waals surface area contributed by atoms with Gasteiger partial charge in [0, 0.05) is 32.4 Å². The summed E-state index contributed by atoms with van der Waals surface area (Å²) in [6, 6.07) is 9.89. The number of para-hydroxylation sites is 1. The van der Waals surface area contributed by atoms with E-state index in [1.165, 1.54) is 0 Å². The Balaban J connectivity index is 1.86. The van der Waals surface area contributed by atoms with E-state index in [0.29, 0.717) is 12.2 Å². The number of nitrogens with zero attached hydrogens (tertiary/aromatic N) is 5. The third-order valence-corrected chi connectivity index (χ3v) is 4.89. The molecule has 7 heteroatoms. The number of carbonyl (C=O) groups excluding carboxylic acids is 1. The number of benzene rings is 1. The minimum absolute atomic E-state index is 0.336. The second-order valence-electron chi connectivity index (χ2n) is 6.66. The molecule has 0 spiro atoms. The predicted octanol–water partition coefficient (Wildman–Crippen LogP) is 2.35. The summed E-state index contributed by atoms with van der Waals surface area (Å²) >= 11 is 0. The lowest BCUT2D eigenvalue weighted by atomic mass is 10.1. The summed E-state index contributed by atoms with van der Waals surface area (Å²) in [6.07, 6.45) is 3.42. The minimum atomic E-state index is -0.340. The highest BCUT2D eigenvalue weighted by Gasteiger charge is 2.25. The van der Waals surface area contributed by atoms with Gasteiger partial charge in [0.25, 0.3) is 0 Å². The van der Waals surface area contributed by atoms with Crippen LogP contribution in [0, 0.1) is 0 Å². The fourth-order valence-electron chi connectivity index (χ4n) is 3.45. The molecule has 4 rings (SSSR count). The first-order valence-corrected chi connectivity index (χ1v) is 9.22. The molecule has 1 aromatic carbocycles. The van der Waals surface area contributed by atoms with E-state index in [1.807, 2.05) is 41.9 Å². The maximum Gasteiger partial charge on any atom is 0.341 e. The molecule has 0 amide bonds. The quantitative estimate of drug-likeness (QED) is 0.662. The van der Waals surface area contributed by atoms with Crippen molar-refractivity contribution in [3.05, 3.63) is 48.3 Å². The van der Waals surface area contributed by atoms with Gasteiger partial charge in [-0.2, -0.15) is 5.10 Å². The van der Waals surface area contributed by atoms with E-state index in [1.54, 1.807) is 12.4 Å². The van der Waals surface area contributed by atoms with Crippen LogP contribution in [0.3, 0.4) is 0 Å². The van der Waals surface area contributed by atoms with Crippen LogP contribution in [0.4, 0.5) is 5.69 Å². The Morgan fingerprint density at radius 2 is 1.85 bits per heavy atom. The summed E-state index contributed by atoms with van der Waals surface area (Å²) in [5.74, 6) is -0.340. The number of likely N-dealkylation sites (N-methyl/N-ethyl adjacent to an activating group) is 1. The van der Waals surface area contributed by atoms with Crippen molar-refractivity contribution in [3.63, 3.8) is 0 Å². The number of ether oxygens (including phenoxy) is 1. The Hall–Kier alpha value is -2.93. The number of piperazine rings is 1. The molecule has 0 aliphatic carbocycles. The van der Waals surface area contributed by atoms with E-state index in [4.69, 9.17) is 4.74 Å². The topological polar surface area (TPSA) is 63.5 Å². The smallest absolute Gasteiger partial charge is 0.341 e. The number of rotatable bonds is 4. The summed E-state index contributed by atoms with van der Waals surface area (Å²) in [6.45, 7) is 5.73. The molecule has 0 unspecified atom stereocenters. The second-order valence-corrected chi connectivity index (χ2v) is 6.66. The first-order chi connectivity index (χ1) is 13.2. The van der Waals surface area contributed by atoms with Gasteiger partial charge in [0.1, 0.15) is 5.56 Å². The molecule has 140 valence electrons. The summed E-state index contributed by atoms with van der Waals surface area (Å²) < 4.78 is 7.09. The van der Waals surface area contributed by atoms with Crippen molar-refractivity contribution in [3.8, 4) is 5.69 Å². The van der Waals surface area contributed by atoms with Crippen LogP contribution in [-0.2, 0) is 4.74 Å². The number of pyridine rings is 1. The van der Waals surface area contributed by atoms with Crippen LogP contribution < -0.4 is 4.90 Å². The van der Waals surface area contributed by atoms with Crippen molar-refractivity contribution in [1.29, 1.82) is 0 Å². The van der Waals surface area contributed by atoms with Gasteiger partial charge in [-0.05, 0) is 26.1 Å². The SMILES string of the molecule is CCOC(=O)c1cnc2c(cnn2-c2ccccc2)c1N1CCN(C)CC1. The molecular formula is C20H23N5O2. The molecule has 1 aliphatic heterocycles. The zero-order chi connectivity index (χ0) is 18.8. The predicted molar refractivity (Wildman–Crippen MR) is 105 cm³/mol. The van der Waals surface area contributed by atoms with Gasteiger partial charge in [0.05, 0.1) is 29.6 Å². The average Bonchev–Trinajstić information content (AvgIpc) is 3.13. The first-order valence-electron chi connectivity index (χ1n) is 9.22. The lowest BCUT2D eigenvalue weighted by Crippen LogP contribution is -2.45. The van der Waals surface area contributed by atoms with Crippen molar-refractivity contribution < 1.29 is 9.53 Å². The summed E-state index contributed by atoms with van der Waals surface area (Å²) in [7, 11) is 2.11. The maximum atomic E-state index is 12.6. The van der Waals surface area contributed by atoms with Crippen molar-refractivity contribution in [1.82, 2.24) is 19.7 Å². The van der Waals surface area contributed by atoms with E-state index in [0.717, 1.165) is 48.6 Å². The molecule has 1 saturated heterocycles. The normalized spacial score (nSPS) is 15.3. The maximum absolute atomic E-state index is 12.6. The number of carbonyl (C=O) groups is 1. The van der Waals surface area contributed by atoms with Gasteiger partial charge >= 0.3 is 5.97 Å². The highest BCUT2D eigenvalue weighted by Crippen LogP contribution is 2.32. The highest BCUT2D eigenvalue weighted by atomic mass is 16.5. The third-order valence-electron chi connectivity index (χ3n) is 4.89. The van der Waals surface area contributed by atoms with E-state index < -0.39 is 0 Å². The summed E-state index contributed by atoms with van der Waals surface area (Å²) in [5, 5.41) is 5.42. The molecule has 0 radical (unpaired) electrons. The third kappa shape index (κ3) is 3.26. The standard InChI is InChI=1S/C20H23N5O2/c1-3-27-20(26)17-13-21-19-16(18(17)24-11-9-23(2)10-12-24)14-22-25(19)15-7-5-4-6-8-15/h4-8,13-14H,3,9-12H2,1-2H3. The molecule has 1 aliphatic rings. The summed E-state index contributed by atoms with van der Waals surface area (Å²) in [4.78, 5) is 21.6. The van der Waals surface area contributed by atoms with Crippen LogP contribution in [0.25, 0.3) is 16.7 Å². The van der Waals surface area contributed by atoms with E-state index in [-0.39, 0.29) is 5.97 Å². The van der Waals surface area contributed by atoms with Gasteiger partial charge < -0.3 is 14.5 Å². The number of aromatic nitrogens is 3. The zero-order valence-corrected chi connectivity index (χ0v) is 15.6. The first kappa shape index (κ1) is 17.5. The van der Waals surface area contributed by atoms with Crippen LogP contribution in [-0.4, -0.2) is 65.5 Å². The molecule has 3 heterocycles. The molecule has 0 saturated carbocycles. The van der Waals surface area contributed by atoms with Gasteiger partial charge in [-0.1, -0.05) is 18.2 Å². The van der Waals surface area contributed by atoms with Crippen LogP contribution in [0.5, 0.6) is 0 Å². The highest BCUT2D eigenvalue weighted by molar-refractivity contribution is 6.04. The molecule has 3 aromatic rings. The Bertz CT molecular complexity index is 946. The number of anilines is 1. The number of hydrogen-bond acceptors (Lipinski definition) is 6. The largest absolute Gasteiger partial charge is 0.462 e. The van der Waals surface area contributed by atoms with E-state index >= 15 is 0 Å². The number of esters is 1. The van der Waals surface area contributed by atoms with Gasteiger partial charge in [-0.15, -0.1) is 0 Å². The Kier molecular flexibility index (Phi) is 4.77. The number of hydrogen-bond donors (Lipinski definition) is 0. The lowest BCUT2D eigenvalue weighted by Gasteiger charge is -2.35. The van der Waals surface area contributed by atoms with Crippen molar-refractivity contribution in [2.75, 3.05) is 44.7 Å². The van der Waals surface area contributed by atoms with E-state index in [9.17, 15) is 4.79 Å². The van der Waals surface area contributed by atoms with Crippen molar-refractivity contribution >= 4 is 22.7 Å². The van der Waals surface area contributed by atoms with Crippen LogP contribution in [0.2, 0.25) is 0 Å². The number of fused-ring (bicyclic) bond motifs is 1. The lowest BCUT2D eigenvalue weighted by molar-refractivity contribution is 0.0526. The van der Waals surface area contributed by atoms with Crippen LogP contribution in [0.15, 0.2) is 42.7 Å². The molecule has 0 atom stereocenters. The fourth-order valence-corrected chi connectivity index (χ4v) is 3.45. The molecule has 0 N–H and O–H groups in total. The fraction of sp³-hybridized carbons (Fsp3) is 0.350.